The van der Waals surface area contributed by atoms with E-state index in [2.05, 4.69) is 50.9 Å². The Kier molecular flexibility index (Phi) is 4.50. The fourth-order valence-corrected chi connectivity index (χ4v) is 5.82. The molecule has 2 fully saturated rings. The van der Waals surface area contributed by atoms with E-state index in [0.29, 0.717) is 17.8 Å². The summed E-state index contributed by atoms with van der Waals surface area (Å²) in [4.78, 5) is 4.89. The number of amidine groups is 1. The lowest BCUT2D eigenvalue weighted by Gasteiger charge is -2.46. The van der Waals surface area contributed by atoms with Gasteiger partial charge in [-0.05, 0) is 61.0 Å². The van der Waals surface area contributed by atoms with Gasteiger partial charge in [-0.15, -0.1) is 0 Å². The maximum Gasteiger partial charge on any atom is 0.190 e. The van der Waals surface area contributed by atoms with Gasteiger partial charge in [0.2, 0.25) is 0 Å². The Hall–Kier alpha value is -3.36. The van der Waals surface area contributed by atoms with Crippen LogP contribution in [0.15, 0.2) is 59.8 Å². The topological polar surface area (TPSA) is 79.0 Å². The molecule has 4 heterocycles. The van der Waals surface area contributed by atoms with E-state index in [0.717, 1.165) is 41.2 Å². The third-order valence-electron chi connectivity index (χ3n) is 7.33. The predicted octanol–water partition coefficient (Wildman–Crippen LogP) is 2.80. The second kappa shape index (κ2) is 7.33. The van der Waals surface area contributed by atoms with Gasteiger partial charge in [0, 0.05) is 55.6 Å². The summed E-state index contributed by atoms with van der Waals surface area (Å²) in [7, 11) is 2.19. The SMILES string of the molecule is CN1CC2(CCN(c3ccc4c(c3)Cn3cc(-c5ccc(F)cc5)cc3/C(=N/N)N4N)C2)C1. The summed E-state index contributed by atoms with van der Waals surface area (Å²) in [6, 6.07) is 15.0. The molecule has 170 valence electrons. The van der Waals surface area contributed by atoms with Gasteiger partial charge in [-0.25, -0.2) is 10.2 Å². The molecule has 2 saturated heterocycles. The van der Waals surface area contributed by atoms with E-state index in [4.69, 9.17) is 11.7 Å². The molecule has 0 aliphatic carbocycles. The molecule has 4 N–H and O–H groups in total. The molecule has 7 nitrogen and oxygen atoms in total. The van der Waals surface area contributed by atoms with E-state index in [1.807, 2.05) is 6.07 Å². The number of hydrazone groups is 1. The number of hydrogen-bond acceptors (Lipinski definition) is 5. The standard InChI is InChI=1S/C25H28FN7/c1-30-14-25(15-30)8-9-31(16-25)21-6-7-22-19(10-21)13-32-12-18(17-2-4-20(26)5-3-17)11-23(32)24(29-27)33(22)28/h2-7,10-12H,8-9,13-16,27-28H2,1H3/b29-24-. The van der Waals surface area contributed by atoms with Gasteiger partial charge in [0.25, 0.3) is 0 Å². The van der Waals surface area contributed by atoms with Crippen LogP contribution in [-0.4, -0.2) is 48.5 Å². The van der Waals surface area contributed by atoms with Gasteiger partial charge in [-0.3, -0.25) is 5.01 Å². The minimum Gasteiger partial charge on any atom is -0.371 e. The second-order valence-electron chi connectivity index (χ2n) is 9.73. The van der Waals surface area contributed by atoms with Crippen LogP contribution in [0.25, 0.3) is 11.1 Å². The Morgan fingerprint density at radius 1 is 1.00 bits per heavy atom. The molecule has 0 amide bonds. The van der Waals surface area contributed by atoms with E-state index >= 15 is 0 Å². The molecule has 3 aromatic rings. The molecule has 2 aromatic carbocycles. The number of aromatic nitrogens is 1. The van der Waals surface area contributed by atoms with Crippen LogP contribution in [0.1, 0.15) is 17.7 Å². The molecule has 0 atom stereocenters. The molecular formula is C25H28FN7. The number of fused-ring (bicyclic) bond motifs is 2. The van der Waals surface area contributed by atoms with Crippen LogP contribution in [0, 0.1) is 11.2 Å². The minimum atomic E-state index is -0.254. The lowest BCUT2D eigenvalue weighted by Crippen LogP contribution is -2.55. The van der Waals surface area contributed by atoms with Crippen molar-refractivity contribution >= 4 is 17.2 Å². The number of anilines is 2. The van der Waals surface area contributed by atoms with Crippen molar-refractivity contribution in [2.45, 2.75) is 13.0 Å². The molecule has 0 unspecified atom stereocenters. The van der Waals surface area contributed by atoms with E-state index in [1.165, 1.54) is 37.3 Å². The number of nitrogens with zero attached hydrogens (tertiary/aromatic N) is 5. The molecule has 3 aliphatic heterocycles. The van der Waals surface area contributed by atoms with Crippen molar-refractivity contribution in [1.82, 2.24) is 9.47 Å². The first-order valence-corrected chi connectivity index (χ1v) is 11.3. The number of halogens is 1. The fourth-order valence-electron chi connectivity index (χ4n) is 5.82. The smallest absolute Gasteiger partial charge is 0.190 e. The Balaban J connectivity index is 1.36. The maximum absolute atomic E-state index is 13.4. The maximum atomic E-state index is 13.4. The van der Waals surface area contributed by atoms with Gasteiger partial charge in [0.15, 0.2) is 5.84 Å². The van der Waals surface area contributed by atoms with Crippen LogP contribution >= 0.6 is 0 Å². The fraction of sp³-hybridized carbons (Fsp3) is 0.320. The zero-order chi connectivity index (χ0) is 22.7. The average molecular weight is 446 g/mol. The van der Waals surface area contributed by atoms with Crippen LogP contribution in [-0.2, 0) is 6.54 Å². The number of benzene rings is 2. The molecule has 3 aliphatic rings. The van der Waals surface area contributed by atoms with Gasteiger partial charge >= 0.3 is 0 Å². The predicted molar refractivity (Wildman–Crippen MR) is 130 cm³/mol. The van der Waals surface area contributed by atoms with E-state index in [1.54, 1.807) is 17.1 Å². The normalized spacial score (nSPS) is 20.6. The lowest BCUT2D eigenvalue weighted by atomic mass is 9.79. The van der Waals surface area contributed by atoms with Gasteiger partial charge in [0.05, 0.1) is 11.4 Å². The van der Waals surface area contributed by atoms with E-state index in [-0.39, 0.29) is 5.82 Å². The Morgan fingerprint density at radius 3 is 2.52 bits per heavy atom. The van der Waals surface area contributed by atoms with Crippen LogP contribution in [0.4, 0.5) is 15.8 Å². The Bertz CT molecular complexity index is 1240. The van der Waals surface area contributed by atoms with Crippen LogP contribution in [0.5, 0.6) is 0 Å². The van der Waals surface area contributed by atoms with Crippen molar-refractivity contribution in [2.24, 2.45) is 22.2 Å². The largest absolute Gasteiger partial charge is 0.371 e. The number of rotatable bonds is 2. The number of hydrogen-bond donors (Lipinski definition) is 2. The molecule has 6 rings (SSSR count). The Labute approximate surface area is 192 Å². The van der Waals surface area contributed by atoms with Gasteiger partial charge in [-0.1, -0.05) is 12.1 Å². The summed E-state index contributed by atoms with van der Waals surface area (Å²) in [6.07, 6.45) is 3.29. The molecule has 0 bridgehead atoms. The van der Waals surface area contributed by atoms with E-state index < -0.39 is 0 Å². The molecule has 1 aromatic heterocycles. The summed E-state index contributed by atoms with van der Waals surface area (Å²) in [5.74, 6) is 12.5. The van der Waals surface area contributed by atoms with E-state index in [9.17, 15) is 4.39 Å². The Morgan fingerprint density at radius 2 is 1.79 bits per heavy atom. The van der Waals surface area contributed by atoms with Crippen LogP contribution in [0.2, 0.25) is 0 Å². The molecule has 1 spiro atoms. The van der Waals surface area contributed by atoms with Crippen molar-refractivity contribution in [2.75, 3.05) is 43.1 Å². The lowest BCUT2D eigenvalue weighted by molar-refractivity contribution is 0.0424. The van der Waals surface area contributed by atoms with Crippen molar-refractivity contribution in [3.63, 3.8) is 0 Å². The highest BCUT2D eigenvalue weighted by atomic mass is 19.1. The van der Waals surface area contributed by atoms with Crippen molar-refractivity contribution in [1.29, 1.82) is 0 Å². The second-order valence-corrected chi connectivity index (χ2v) is 9.73. The van der Waals surface area contributed by atoms with Gasteiger partial charge in [-0.2, -0.15) is 5.10 Å². The zero-order valence-electron chi connectivity index (χ0n) is 18.7. The first kappa shape index (κ1) is 20.3. The molecular weight excluding hydrogens is 417 g/mol. The first-order valence-electron chi connectivity index (χ1n) is 11.3. The summed E-state index contributed by atoms with van der Waals surface area (Å²) < 4.78 is 15.5. The van der Waals surface area contributed by atoms with Crippen molar-refractivity contribution in [3.05, 3.63) is 71.8 Å². The molecule has 0 radical (unpaired) electrons. The first-order chi connectivity index (χ1) is 15.9. The van der Waals surface area contributed by atoms with Crippen molar-refractivity contribution < 1.29 is 4.39 Å². The monoisotopic (exact) mass is 445 g/mol. The molecule has 0 saturated carbocycles. The average Bonchev–Trinajstić information content (AvgIpc) is 3.38. The zero-order valence-corrected chi connectivity index (χ0v) is 18.7. The highest BCUT2D eigenvalue weighted by Gasteiger charge is 2.46. The quantitative estimate of drug-likeness (QED) is 0.469. The molecule has 8 heteroatoms. The summed E-state index contributed by atoms with van der Waals surface area (Å²) >= 11 is 0. The highest BCUT2D eigenvalue weighted by molar-refractivity contribution is 6.09. The van der Waals surface area contributed by atoms with Crippen LogP contribution < -0.4 is 21.6 Å². The van der Waals surface area contributed by atoms with Gasteiger partial charge < -0.3 is 20.2 Å². The summed E-state index contributed by atoms with van der Waals surface area (Å²) in [6.45, 7) is 5.19. The summed E-state index contributed by atoms with van der Waals surface area (Å²) in [5.41, 5.74) is 6.41. The number of hydrazine groups is 1. The van der Waals surface area contributed by atoms with Gasteiger partial charge in [0.1, 0.15) is 5.82 Å². The van der Waals surface area contributed by atoms with Crippen LogP contribution in [0.3, 0.4) is 0 Å². The third kappa shape index (κ3) is 3.29. The third-order valence-corrected chi connectivity index (χ3v) is 7.33. The van der Waals surface area contributed by atoms with Crippen molar-refractivity contribution in [3.8, 4) is 11.1 Å². The summed E-state index contributed by atoms with van der Waals surface area (Å²) in [5, 5.41) is 5.58. The molecule has 33 heavy (non-hydrogen) atoms. The number of nitrogens with two attached hydrogens (primary N) is 2. The minimum absolute atomic E-state index is 0.254. The number of likely N-dealkylation sites (tertiary alicyclic amines) is 1. The highest BCUT2D eigenvalue weighted by Crippen LogP contribution is 2.41.